The van der Waals surface area contributed by atoms with Gasteiger partial charge in [-0.2, -0.15) is 0 Å². The first-order valence-electron chi connectivity index (χ1n) is 6.82. The predicted octanol–water partition coefficient (Wildman–Crippen LogP) is 2.88. The van der Waals surface area contributed by atoms with Crippen LogP contribution >= 0.6 is 23.1 Å². The van der Waals surface area contributed by atoms with E-state index in [0.717, 1.165) is 29.7 Å². The van der Waals surface area contributed by atoms with Crippen LogP contribution in [0.3, 0.4) is 0 Å². The summed E-state index contributed by atoms with van der Waals surface area (Å²) in [5, 5.41) is 0. The molecule has 1 spiro atoms. The van der Waals surface area contributed by atoms with E-state index in [1.54, 1.807) is 23.1 Å². The number of ether oxygens (including phenoxy) is 3. The van der Waals surface area contributed by atoms with Crippen LogP contribution in [0, 0.1) is 0 Å². The fourth-order valence-corrected chi connectivity index (χ4v) is 4.88. The lowest BCUT2D eigenvalue weighted by molar-refractivity contribution is -0.164. The monoisotopic (exact) mass is 314 g/mol. The van der Waals surface area contributed by atoms with Crippen molar-refractivity contribution in [2.75, 3.05) is 26.1 Å². The molecule has 4 nitrogen and oxygen atoms in total. The average Bonchev–Trinajstić information content (AvgIpc) is 3.04. The summed E-state index contributed by atoms with van der Waals surface area (Å²) in [5.41, 5.74) is 2.36. The van der Waals surface area contributed by atoms with E-state index in [-0.39, 0.29) is 5.97 Å². The van der Waals surface area contributed by atoms with Gasteiger partial charge in [-0.15, -0.1) is 23.1 Å². The first-order chi connectivity index (χ1) is 9.69. The summed E-state index contributed by atoms with van der Waals surface area (Å²) in [5.74, 6) is -0.650. The minimum Gasteiger partial charge on any atom is -0.462 e. The van der Waals surface area contributed by atoms with Crippen LogP contribution in [-0.2, 0) is 27.1 Å². The molecule has 1 fully saturated rings. The molecule has 0 N–H and O–H groups in total. The summed E-state index contributed by atoms with van der Waals surface area (Å²) in [6.07, 6.45) is 4.42. The first-order valence-corrected chi connectivity index (χ1v) is 8.87. The molecule has 6 heteroatoms. The third-order valence-electron chi connectivity index (χ3n) is 3.74. The van der Waals surface area contributed by atoms with Gasteiger partial charge in [-0.25, -0.2) is 4.79 Å². The highest BCUT2D eigenvalue weighted by molar-refractivity contribution is 8.00. The zero-order valence-electron chi connectivity index (χ0n) is 11.7. The van der Waals surface area contributed by atoms with Crippen LogP contribution < -0.4 is 0 Å². The van der Waals surface area contributed by atoms with Crippen LogP contribution in [0.4, 0.5) is 0 Å². The topological polar surface area (TPSA) is 44.8 Å². The van der Waals surface area contributed by atoms with Gasteiger partial charge in [0.15, 0.2) is 5.79 Å². The van der Waals surface area contributed by atoms with Crippen LogP contribution in [0.5, 0.6) is 0 Å². The van der Waals surface area contributed by atoms with Crippen molar-refractivity contribution in [2.45, 2.75) is 36.2 Å². The molecule has 1 aromatic heterocycles. The minimum absolute atomic E-state index is 0.196. The molecule has 1 aliphatic heterocycles. The summed E-state index contributed by atoms with van der Waals surface area (Å²) in [6.45, 7) is 3.58. The summed E-state index contributed by atoms with van der Waals surface area (Å²) in [4.78, 5) is 12.8. The molecule has 0 aromatic carbocycles. The van der Waals surface area contributed by atoms with Crippen molar-refractivity contribution in [1.82, 2.24) is 0 Å². The van der Waals surface area contributed by atoms with Crippen molar-refractivity contribution in [3.05, 3.63) is 16.0 Å². The highest BCUT2D eigenvalue weighted by atomic mass is 32.2. The molecule has 0 atom stereocenters. The fraction of sp³-hybridized carbons (Fsp3) is 0.643. The lowest BCUT2D eigenvalue weighted by atomic mass is 9.89. The minimum atomic E-state index is -0.454. The number of thioether (sulfide) groups is 1. The molecule has 2 heterocycles. The van der Waals surface area contributed by atoms with Gasteiger partial charge in [-0.05, 0) is 30.7 Å². The summed E-state index contributed by atoms with van der Waals surface area (Å²) >= 11 is 3.22. The molecular weight excluding hydrogens is 296 g/mol. The third kappa shape index (κ3) is 2.39. The largest absolute Gasteiger partial charge is 0.462 e. The van der Waals surface area contributed by atoms with Crippen LogP contribution in [0.1, 0.15) is 34.1 Å². The summed E-state index contributed by atoms with van der Waals surface area (Å²) in [6, 6.07) is 0. The second-order valence-electron chi connectivity index (χ2n) is 4.88. The standard InChI is InChI=1S/C14H18O4S2/c1-3-16-12(15)11-9-4-5-14(17-6-7-18-14)8-10(9)13(19-2)20-11/h3-8H2,1-2H3. The molecule has 20 heavy (non-hydrogen) atoms. The normalized spacial score (nSPS) is 20.1. The van der Waals surface area contributed by atoms with Gasteiger partial charge in [-0.1, -0.05) is 0 Å². The summed E-state index contributed by atoms with van der Waals surface area (Å²) in [7, 11) is 0. The van der Waals surface area contributed by atoms with Crippen molar-refractivity contribution >= 4 is 29.1 Å². The molecule has 3 rings (SSSR count). The number of esters is 1. The van der Waals surface area contributed by atoms with Gasteiger partial charge in [-0.3, -0.25) is 0 Å². The van der Waals surface area contributed by atoms with Crippen molar-refractivity contribution < 1.29 is 19.0 Å². The van der Waals surface area contributed by atoms with Gasteiger partial charge >= 0.3 is 5.97 Å². The number of thiophene rings is 1. The molecule has 1 aliphatic carbocycles. The Morgan fingerprint density at radius 1 is 1.40 bits per heavy atom. The Hall–Kier alpha value is -0.560. The van der Waals surface area contributed by atoms with Gasteiger partial charge in [0.25, 0.3) is 0 Å². The SMILES string of the molecule is CCOC(=O)c1sc(SC)c2c1CCC1(C2)OCCO1. The van der Waals surface area contributed by atoms with Crippen LogP contribution in [-0.4, -0.2) is 37.8 Å². The van der Waals surface area contributed by atoms with E-state index >= 15 is 0 Å². The van der Waals surface area contributed by atoms with Gasteiger partial charge in [0, 0.05) is 12.8 Å². The molecule has 0 saturated carbocycles. The van der Waals surface area contributed by atoms with E-state index < -0.39 is 5.79 Å². The molecule has 1 aromatic rings. The van der Waals surface area contributed by atoms with Crippen molar-refractivity contribution in [2.24, 2.45) is 0 Å². The molecule has 110 valence electrons. The van der Waals surface area contributed by atoms with E-state index in [4.69, 9.17) is 14.2 Å². The van der Waals surface area contributed by atoms with Gasteiger partial charge in [0.1, 0.15) is 4.88 Å². The van der Waals surface area contributed by atoms with Crippen molar-refractivity contribution in [3.8, 4) is 0 Å². The second kappa shape index (κ2) is 5.67. The van der Waals surface area contributed by atoms with E-state index in [2.05, 4.69) is 0 Å². The highest BCUT2D eigenvalue weighted by Crippen LogP contribution is 2.44. The van der Waals surface area contributed by atoms with E-state index in [1.165, 1.54) is 9.77 Å². The number of carbonyl (C=O) groups is 1. The fourth-order valence-electron chi connectivity index (χ4n) is 2.86. The third-order valence-corrected chi connectivity index (χ3v) is 6.16. The Morgan fingerprint density at radius 2 is 2.15 bits per heavy atom. The molecule has 0 radical (unpaired) electrons. The molecule has 1 saturated heterocycles. The number of rotatable bonds is 3. The first kappa shape index (κ1) is 14.4. The Bertz CT molecular complexity index is 517. The van der Waals surface area contributed by atoms with Crippen molar-refractivity contribution in [1.29, 1.82) is 0 Å². The number of hydrogen-bond donors (Lipinski definition) is 0. The van der Waals surface area contributed by atoms with Gasteiger partial charge in [0.05, 0.1) is 24.0 Å². The number of carbonyl (C=O) groups excluding carboxylic acids is 1. The van der Waals surface area contributed by atoms with E-state index in [1.807, 2.05) is 13.2 Å². The predicted molar refractivity (Wildman–Crippen MR) is 78.7 cm³/mol. The van der Waals surface area contributed by atoms with E-state index in [0.29, 0.717) is 19.8 Å². The van der Waals surface area contributed by atoms with Crippen molar-refractivity contribution in [3.63, 3.8) is 0 Å². The van der Waals surface area contributed by atoms with Gasteiger partial charge < -0.3 is 14.2 Å². The maximum absolute atomic E-state index is 12.1. The van der Waals surface area contributed by atoms with Gasteiger partial charge in [0.2, 0.25) is 0 Å². The zero-order valence-corrected chi connectivity index (χ0v) is 13.3. The molecule has 0 amide bonds. The zero-order chi connectivity index (χ0) is 14.2. The maximum Gasteiger partial charge on any atom is 0.348 e. The lowest BCUT2D eigenvalue weighted by Gasteiger charge is -2.32. The Balaban J connectivity index is 1.95. The number of hydrogen-bond acceptors (Lipinski definition) is 6. The lowest BCUT2D eigenvalue weighted by Crippen LogP contribution is -2.37. The maximum atomic E-state index is 12.1. The van der Waals surface area contributed by atoms with Crippen LogP contribution in [0.25, 0.3) is 0 Å². The smallest absolute Gasteiger partial charge is 0.348 e. The Labute approximate surface area is 126 Å². The summed E-state index contributed by atoms with van der Waals surface area (Å²) < 4.78 is 18.0. The Kier molecular flexibility index (Phi) is 4.08. The number of fused-ring (bicyclic) bond motifs is 1. The highest BCUT2D eigenvalue weighted by Gasteiger charge is 2.42. The van der Waals surface area contributed by atoms with Crippen LogP contribution in [0.15, 0.2) is 4.21 Å². The molecule has 2 aliphatic rings. The second-order valence-corrected chi connectivity index (χ2v) is 6.98. The molecule has 0 unspecified atom stereocenters. The molecule has 0 bridgehead atoms. The van der Waals surface area contributed by atoms with E-state index in [9.17, 15) is 4.79 Å². The molecular formula is C14H18O4S2. The Morgan fingerprint density at radius 3 is 2.80 bits per heavy atom. The quantitative estimate of drug-likeness (QED) is 0.634. The average molecular weight is 314 g/mol. The van der Waals surface area contributed by atoms with Crippen LogP contribution in [0.2, 0.25) is 0 Å².